The quantitative estimate of drug-likeness (QED) is 0.278. The Hall–Kier alpha value is -4.34. The molecule has 208 valence electrons. The number of rotatable bonds is 10. The maximum absolute atomic E-state index is 13.8. The van der Waals surface area contributed by atoms with Gasteiger partial charge in [0.25, 0.3) is 5.56 Å². The van der Waals surface area contributed by atoms with Crippen LogP contribution in [0.3, 0.4) is 0 Å². The maximum atomic E-state index is 13.8. The summed E-state index contributed by atoms with van der Waals surface area (Å²) in [5.41, 5.74) is 4.43. The van der Waals surface area contributed by atoms with Crippen LogP contribution in [-0.2, 0) is 26.1 Å². The Balaban J connectivity index is 1.60. The van der Waals surface area contributed by atoms with Crippen molar-refractivity contribution >= 4 is 11.2 Å². The molecule has 0 atom stereocenters. The number of nitrogens with zero attached hydrogens (tertiary/aromatic N) is 7. The Morgan fingerprint density at radius 3 is 2.15 bits per heavy atom. The molecule has 5 aromatic rings. The second-order valence-electron chi connectivity index (χ2n) is 11.1. The lowest BCUT2D eigenvalue weighted by Gasteiger charge is -2.15. The fourth-order valence-electron chi connectivity index (χ4n) is 5.16. The highest BCUT2D eigenvalue weighted by molar-refractivity contribution is 5.80. The summed E-state index contributed by atoms with van der Waals surface area (Å²) in [6.45, 7) is 11.6. The Kier molecular flexibility index (Phi) is 7.77. The molecule has 3 heterocycles. The van der Waals surface area contributed by atoms with Gasteiger partial charge < -0.3 is 4.57 Å². The highest BCUT2D eigenvalue weighted by Gasteiger charge is 2.22. The van der Waals surface area contributed by atoms with Crippen LogP contribution in [0.4, 0.5) is 0 Å². The summed E-state index contributed by atoms with van der Waals surface area (Å²) in [5.74, 6) is 1.82. The van der Waals surface area contributed by atoms with Crippen molar-refractivity contribution in [1.29, 1.82) is 0 Å². The first-order valence-electron chi connectivity index (χ1n) is 13.9. The molecule has 0 saturated heterocycles. The highest BCUT2D eigenvalue weighted by Crippen LogP contribution is 2.30. The average molecular weight is 541 g/mol. The molecule has 0 amide bonds. The van der Waals surface area contributed by atoms with Crippen LogP contribution in [0.1, 0.15) is 52.4 Å². The standard InChI is InChI=1S/C30H36N8O2/c1-6-9-25-31-28-26(29(39)38(17-20(4)5)30(40)37(28)16-19(2)3)36(25)18-21-12-14-22(15-13-21)23-10-7-8-11-24(23)27-32-34-35-33-27/h7-8,10-15,19-20H,6,9,16-18H2,1-5H3,(H,32,33,34,35). The summed E-state index contributed by atoms with van der Waals surface area (Å²) in [7, 11) is 0. The fourth-order valence-corrected chi connectivity index (χ4v) is 5.16. The third kappa shape index (κ3) is 5.25. The molecule has 0 saturated carbocycles. The van der Waals surface area contributed by atoms with Crippen LogP contribution in [0.15, 0.2) is 58.1 Å². The highest BCUT2D eigenvalue weighted by atomic mass is 16.2. The van der Waals surface area contributed by atoms with E-state index in [9.17, 15) is 9.59 Å². The van der Waals surface area contributed by atoms with Crippen molar-refractivity contribution in [2.75, 3.05) is 0 Å². The minimum Gasteiger partial charge on any atom is -0.318 e. The Morgan fingerprint density at radius 2 is 1.52 bits per heavy atom. The van der Waals surface area contributed by atoms with Crippen molar-refractivity contribution in [3.63, 3.8) is 0 Å². The summed E-state index contributed by atoms with van der Waals surface area (Å²) in [5, 5.41) is 14.4. The summed E-state index contributed by atoms with van der Waals surface area (Å²) >= 11 is 0. The smallest absolute Gasteiger partial charge is 0.318 e. The third-order valence-electron chi connectivity index (χ3n) is 6.90. The average Bonchev–Trinajstić information content (AvgIpc) is 3.59. The largest absolute Gasteiger partial charge is 0.332 e. The van der Waals surface area contributed by atoms with Gasteiger partial charge in [0.2, 0.25) is 0 Å². The number of nitrogens with one attached hydrogen (secondary N) is 1. The van der Waals surface area contributed by atoms with Crippen LogP contribution in [0.5, 0.6) is 0 Å². The number of imidazole rings is 1. The van der Waals surface area contributed by atoms with Crippen LogP contribution in [0.25, 0.3) is 33.7 Å². The van der Waals surface area contributed by atoms with E-state index < -0.39 is 0 Å². The van der Waals surface area contributed by atoms with E-state index in [0.29, 0.717) is 43.0 Å². The zero-order chi connectivity index (χ0) is 28.4. The lowest BCUT2D eigenvalue weighted by molar-refractivity contribution is 0.450. The number of fused-ring (bicyclic) bond motifs is 1. The number of hydrogen-bond donors (Lipinski definition) is 1. The normalized spacial score (nSPS) is 11.8. The monoisotopic (exact) mass is 540 g/mol. The molecule has 10 heteroatoms. The van der Waals surface area contributed by atoms with E-state index in [2.05, 4.69) is 65.7 Å². The molecule has 0 unspecified atom stereocenters. The molecule has 0 aliphatic heterocycles. The molecule has 0 aliphatic carbocycles. The van der Waals surface area contributed by atoms with Gasteiger partial charge in [0.1, 0.15) is 5.82 Å². The SMILES string of the molecule is CCCc1nc2c(c(=O)n(CC(C)C)c(=O)n2CC(C)C)n1Cc1ccc(-c2ccccc2-c2nnn[nH]2)cc1. The van der Waals surface area contributed by atoms with Crippen molar-refractivity contribution < 1.29 is 0 Å². The minimum absolute atomic E-state index is 0.157. The second kappa shape index (κ2) is 11.4. The van der Waals surface area contributed by atoms with Gasteiger partial charge in [-0.25, -0.2) is 14.9 Å². The number of H-pyrrole nitrogens is 1. The van der Waals surface area contributed by atoms with Crippen LogP contribution in [0.2, 0.25) is 0 Å². The van der Waals surface area contributed by atoms with Gasteiger partial charge in [0, 0.05) is 31.6 Å². The molecular formula is C30H36N8O2. The van der Waals surface area contributed by atoms with E-state index in [0.717, 1.165) is 34.5 Å². The van der Waals surface area contributed by atoms with E-state index in [4.69, 9.17) is 4.98 Å². The van der Waals surface area contributed by atoms with Gasteiger partial charge in [-0.05, 0) is 45.4 Å². The molecule has 2 aromatic carbocycles. The van der Waals surface area contributed by atoms with Crippen molar-refractivity contribution in [3.8, 4) is 22.5 Å². The molecule has 10 nitrogen and oxygen atoms in total. The number of benzene rings is 2. The van der Waals surface area contributed by atoms with Crippen LogP contribution >= 0.6 is 0 Å². The minimum atomic E-state index is -0.280. The molecule has 0 spiro atoms. The molecule has 40 heavy (non-hydrogen) atoms. The Morgan fingerprint density at radius 1 is 0.850 bits per heavy atom. The molecule has 3 aromatic heterocycles. The molecule has 0 aliphatic rings. The van der Waals surface area contributed by atoms with Crippen LogP contribution in [-0.4, -0.2) is 39.3 Å². The van der Waals surface area contributed by atoms with Crippen molar-refractivity contribution in [2.24, 2.45) is 11.8 Å². The summed E-state index contributed by atoms with van der Waals surface area (Å²) in [6, 6.07) is 16.3. The van der Waals surface area contributed by atoms with E-state index in [1.165, 1.54) is 4.57 Å². The molecule has 5 rings (SSSR count). The van der Waals surface area contributed by atoms with Crippen molar-refractivity contribution in [3.05, 3.63) is 80.8 Å². The maximum Gasteiger partial charge on any atom is 0.332 e. The molecule has 0 fully saturated rings. The lowest BCUT2D eigenvalue weighted by atomic mass is 9.98. The fraction of sp³-hybridized carbons (Fsp3) is 0.400. The van der Waals surface area contributed by atoms with E-state index in [-0.39, 0.29) is 23.1 Å². The predicted molar refractivity (Wildman–Crippen MR) is 156 cm³/mol. The first-order valence-corrected chi connectivity index (χ1v) is 13.9. The van der Waals surface area contributed by atoms with Gasteiger partial charge in [0.15, 0.2) is 17.0 Å². The first kappa shape index (κ1) is 27.2. The molecule has 0 bridgehead atoms. The number of aromatic nitrogens is 8. The van der Waals surface area contributed by atoms with Gasteiger partial charge in [-0.2, -0.15) is 0 Å². The van der Waals surface area contributed by atoms with Gasteiger partial charge in [0.05, 0.1) is 0 Å². The number of tetrazole rings is 1. The molecular weight excluding hydrogens is 504 g/mol. The van der Waals surface area contributed by atoms with Crippen molar-refractivity contribution in [2.45, 2.75) is 67.1 Å². The van der Waals surface area contributed by atoms with Gasteiger partial charge in [-0.3, -0.25) is 13.9 Å². The third-order valence-corrected chi connectivity index (χ3v) is 6.90. The summed E-state index contributed by atoms with van der Waals surface area (Å²) in [6.07, 6.45) is 1.59. The molecule has 0 radical (unpaired) electrons. The Bertz CT molecular complexity index is 1720. The zero-order valence-corrected chi connectivity index (χ0v) is 23.8. The van der Waals surface area contributed by atoms with Gasteiger partial charge >= 0.3 is 5.69 Å². The van der Waals surface area contributed by atoms with Gasteiger partial charge in [-0.15, -0.1) is 5.10 Å². The predicted octanol–water partition coefficient (Wildman–Crippen LogP) is 4.52. The number of aryl methyl sites for hydroxylation is 1. The summed E-state index contributed by atoms with van der Waals surface area (Å²) in [4.78, 5) is 32.2. The summed E-state index contributed by atoms with van der Waals surface area (Å²) < 4.78 is 5.09. The number of hydrogen-bond acceptors (Lipinski definition) is 6. The van der Waals surface area contributed by atoms with Crippen LogP contribution < -0.4 is 11.2 Å². The molecule has 1 N–H and O–H groups in total. The van der Waals surface area contributed by atoms with E-state index in [1.54, 1.807) is 4.57 Å². The van der Waals surface area contributed by atoms with E-state index in [1.807, 2.05) is 42.7 Å². The van der Waals surface area contributed by atoms with Crippen LogP contribution in [0, 0.1) is 11.8 Å². The Labute approximate surface area is 232 Å². The van der Waals surface area contributed by atoms with Gasteiger partial charge in [-0.1, -0.05) is 83.1 Å². The topological polar surface area (TPSA) is 116 Å². The van der Waals surface area contributed by atoms with Crippen molar-refractivity contribution in [1.82, 2.24) is 39.3 Å². The number of aromatic amines is 1. The van der Waals surface area contributed by atoms with E-state index >= 15 is 0 Å². The first-order chi connectivity index (χ1) is 19.3. The zero-order valence-electron chi connectivity index (χ0n) is 23.8. The second-order valence-corrected chi connectivity index (χ2v) is 11.1. The lowest BCUT2D eigenvalue weighted by Crippen LogP contribution is -2.42.